The predicted molar refractivity (Wildman–Crippen MR) is 55.7 cm³/mol. The molecule has 0 aliphatic rings. The Balaban J connectivity index is 3.26. The van der Waals surface area contributed by atoms with E-state index in [1.165, 1.54) is 25.2 Å². The number of nitro groups is 1. The standard InChI is InChI=1S/C8H10N2O3S/c1-9-14(2,13)8-5-3-4-7(6-8)10(11)12/h3-6H,2H2,1H3,(H,9,13). The first-order chi connectivity index (χ1) is 6.47. The molecule has 6 heteroatoms. The molecule has 0 heterocycles. The maximum atomic E-state index is 11.7. The van der Waals surface area contributed by atoms with E-state index in [0.717, 1.165) is 0 Å². The fourth-order valence-corrected chi connectivity index (χ4v) is 1.77. The van der Waals surface area contributed by atoms with Crippen molar-refractivity contribution < 1.29 is 9.13 Å². The summed E-state index contributed by atoms with van der Waals surface area (Å²) in [4.78, 5) is 10.2. The van der Waals surface area contributed by atoms with Crippen LogP contribution in [-0.2, 0) is 9.71 Å². The molecule has 0 saturated heterocycles. The summed E-state index contributed by atoms with van der Waals surface area (Å²) in [5.41, 5.74) is -0.0888. The lowest BCUT2D eigenvalue weighted by molar-refractivity contribution is -0.385. The van der Waals surface area contributed by atoms with Gasteiger partial charge in [-0.3, -0.25) is 10.1 Å². The summed E-state index contributed by atoms with van der Waals surface area (Å²) in [6, 6.07) is 5.62. The molecule has 0 amide bonds. The Morgan fingerprint density at radius 3 is 2.71 bits per heavy atom. The van der Waals surface area contributed by atoms with Crippen LogP contribution >= 0.6 is 0 Å². The Labute approximate surface area is 82.0 Å². The van der Waals surface area contributed by atoms with Gasteiger partial charge in [-0.1, -0.05) is 6.07 Å². The van der Waals surface area contributed by atoms with Gasteiger partial charge in [-0.05, 0) is 19.0 Å². The number of rotatable bonds is 3. The number of benzene rings is 1. The van der Waals surface area contributed by atoms with Gasteiger partial charge in [0.25, 0.3) is 5.69 Å². The van der Waals surface area contributed by atoms with Gasteiger partial charge in [0.05, 0.1) is 19.5 Å². The summed E-state index contributed by atoms with van der Waals surface area (Å²) >= 11 is 0. The number of nitro benzene ring substituents is 1. The first-order valence-corrected chi connectivity index (χ1v) is 5.50. The van der Waals surface area contributed by atoms with Gasteiger partial charge < -0.3 is 0 Å². The summed E-state index contributed by atoms with van der Waals surface area (Å²) in [7, 11) is -1.11. The zero-order valence-corrected chi connectivity index (χ0v) is 8.41. The minimum absolute atomic E-state index is 0.0888. The van der Waals surface area contributed by atoms with E-state index in [1.807, 2.05) is 0 Å². The molecule has 1 atom stereocenters. The molecule has 0 bridgehead atoms. The second-order valence-corrected chi connectivity index (χ2v) is 4.86. The molecular formula is C8H10N2O3S. The summed E-state index contributed by atoms with van der Waals surface area (Å²) < 4.78 is 14.2. The zero-order chi connectivity index (χ0) is 10.8. The van der Waals surface area contributed by atoms with Gasteiger partial charge in [0, 0.05) is 12.1 Å². The number of nitrogens with one attached hydrogen (secondary N) is 1. The molecule has 76 valence electrons. The van der Waals surface area contributed by atoms with Gasteiger partial charge in [0.2, 0.25) is 0 Å². The Morgan fingerprint density at radius 1 is 1.57 bits per heavy atom. The highest BCUT2D eigenvalue weighted by Crippen LogP contribution is 2.16. The number of nitrogens with zero attached hydrogens (tertiary/aromatic N) is 1. The molecule has 0 aromatic heterocycles. The van der Waals surface area contributed by atoms with Gasteiger partial charge in [0.1, 0.15) is 0 Å². The molecule has 0 fully saturated rings. The van der Waals surface area contributed by atoms with Crippen LogP contribution in [0.5, 0.6) is 0 Å². The Hall–Kier alpha value is -1.40. The van der Waals surface area contributed by atoms with Gasteiger partial charge in [-0.15, -0.1) is 0 Å². The highest BCUT2D eigenvalue weighted by Gasteiger charge is 2.10. The molecule has 5 nitrogen and oxygen atoms in total. The first kappa shape index (κ1) is 10.7. The van der Waals surface area contributed by atoms with Crippen LogP contribution in [0.2, 0.25) is 0 Å². The van der Waals surface area contributed by atoms with Crippen LogP contribution in [0, 0.1) is 10.1 Å². The van der Waals surface area contributed by atoms with Gasteiger partial charge in [0.15, 0.2) is 0 Å². The van der Waals surface area contributed by atoms with Crippen LogP contribution in [0.1, 0.15) is 0 Å². The van der Waals surface area contributed by atoms with Gasteiger partial charge >= 0.3 is 0 Å². The van der Waals surface area contributed by atoms with E-state index in [2.05, 4.69) is 10.6 Å². The highest BCUT2D eigenvalue weighted by atomic mass is 32.2. The monoisotopic (exact) mass is 214 g/mol. The Kier molecular flexibility index (Phi) is 2.87. The topological polar surface area (TPSA) is 72.2 Å². The third-order valence-electron chi connectivity index (χ3n) is 1.74. The van der Waals surface area contributed by atoms with E-state index in [9.17, 15) is 14.3 Å². The fraction of sp³-hybridized carbons (Fsp3) is 0.125. The molecule has 1 aromatic rings. The molecule has 1 N–H and O–H groups in total. The maximum absolute atomic E-state index is 11.7. The SMILES string of the molecule is C=S(=O)(NC)c1cccc([N+](=O)[O-])c1. The van der Waals surface area contributed by atoms with Crippen LogP contribution in [0.4, 0.5) is 5.69 Å². The smallest absolute Gasteiger partial charge is 0.258 e. The van der Waals surface area contributed by atoms with E-state index in [-0.39, 0.29) is 5.69 Å². The van der Waals surface area contributed by atoms with Crippen molar-refractivity contribution in [1.29, 1.82) is 0 Å². The second kappa shape index (κ2) is 3.77. The van der Waals surface area contributed by atoms with Crippen molar-refractivity contribution in [2.24, 2.45) is 0 Å². The van der Waals surface area contributed by atoms with Crippen LogP contribution in [0.15, 0.2) is 29.2 Å². The lowest BCUT2D eigenvalue weighted by Crippen LogP contribution is -2.18. The second-order valence-electron chi connectivity index (χ2n) is 2.63. The third kappa shape index (κ3) is 2.09. The lowest BCUT2D eigenvalue weighted by Gasteiger charge is -2.06. The van der Waals surface area contributed by atoms with Crippen LogP contribution in [0.25, 0.3) is 0 Å². The van der Waals surface area contributed by atoms with Crippen LogP contribution in [-0.4, -0.2) is 22.1 Å². The van der Waals surface area contributed by atoms with Gasteiger partial charge in [-0.2, -0.15) is 0 Å². The first-order valence-electron chi connectivity index (χ1n) is 3.77. The molecule has 0 saturated carbocycles. The van der Waals surface area contributed by atoms with E-state index in [0.29, 0.717) is 4.90 Å². The molecule has 0 spiro atoms. The minimum atomic E-state index is -2.61. The predicted octanol–water partition coefficient (Wildman–Crippen LogP) is 0.804. The van der Waals surface area contributed by atoms with Crippen LogP contribution < -0.4 is 4.72 Å². The van der Waals surface area contributed by atoms with Crippen molar-refractivity contribution in [2.45, 2.75) is 4.90 Å². The fourth-order valence-electron chi connectivity index (χ4n) is 0.920. The molecule has 1 aromatic carbocycles. The van der Waals surface area contributed by atoms with E-state index in [4.69, 9.17) is 0 Å². The zero-order valence-electron chi connectivity index (χ0n) is 7.60. The van der Waals surface area contributed by atoms with Crippen molar-refractivity contribution in [3.8, 4) is 0 Å². The third-order valence-corrected chi connectivity index (χ3v) is 3.41. The summed E-state index contributed by atoms with van der Waals surface area (Å²) in [6.07, 6.45) is 0. The highest BCUT2D eigenvalue weighted by molar-refractivity contribution is 7.98. The van der Waals surface area contributed by atoms with Crippen molar-refractivity contribution >= 4 is 21.3 Å². The molecule has 14 heavy (non-hydrogen) atoms. The van der Waals surface area contributed by atoms with Crippen LogP contribution in [0.3, 0.4) is 0 Å². The Bertz CT molecular complexity index is 453. The summed E-state index contributed by atoms with van der Waals surface area (Å²) in [5, 5.41) is 10.4. The molecule has 0 radical (unpaired) electrons. The van der Waals surface area contributed by atoms with Crippen molar-refractivity contribution in [3.63, 3.8) is 0 Å². The number of non-ortho nitro benzene ring substituents is 1. The van der Waals surface area contributed by atoms with E-state index < -0.39 is 14.6 Å². The average Bonchev–Trinajstić information content (AvgIpc) is 2.18. The quantitative estimate of drug-likeness (QED) is 0.459. The summed E-state index contributed by atoms with van der Waals surface area (Å²) in [6.45, 7) is 0. The maximum Gasteiger partial charge on any atom is 0.270 e. The normalized spacial score (nSPS) is 14.6. The molecule has 0 aliphatic heterocycles. The Morgan fingerprint density at radius 2 is 2.21 bits per heavy atom. The van der Waals surface area contributed by atoms with Gasteiger partial charge in [-0.25, -0.2) is 8.93 Å². The van der Waals surface area contributed by atoms with Crippen molar-refractivity contribution in [2.75, 3.05) is 7.05 Å². The number of hydrogen-bond acceptors (Lipinski definition) is 3. The van der Waals surface area contributed by atoms with E-state index >= 15 is 0 Å². The molecule has 1 rings (SSSR count). The largest absolute Gasteiger partial charge is 0.270 e. The summed E-state index contributed by atoms with van der Waals surface area (Å²) in [5.74, 6) is 3.45. The minimum Gasteiger partial charge on any atom is -0.258 e. The van der Waals surface area contributed by atoms with Crippen molar-refractivity contribution in [1.82, 2.24) is 4.72 Å². The number of hydrogen-bond donors (Lipinski definition) is 1. The van der Waals surface area contributed by atoms with E-state index in [1.54, 1.807) is 6.07 Å². The average molecular weight is 214 g/mol. The lowest BCUT2D eigenvalue weighted by atomic mass is 10.3. The van der Waals surface area contributed by atoms with Crippen molar-refractivity contribution in [3.05, 3.63) is 34.4 Å². The molecular weight excluding hydrogens is 204 g/mol. The molecule has 0 aliphatic carbocycles. The molecule has 1 unspecified atom stereocenters.